The fourth-order valence-electron chi connectivity index (χ4n) is 3.62. The molecule has 28 heavy (non-hydrogen) atoms. The van der Waals surface area contributed by atoms with E-state index in [0.717, 1.165) is 50.3 Å². The van der Waals surface area contributed by atoms with Gasteiger partial charge in [-0.1, -0.05) is 12.8 Å². The van der Waals surface area contributed by atoms with Crippen molar-refractivity contribution in [2.24, 2.45) is 0 Å². The van der Waals surface area contributed by atoms with Crippen molar-refractivity contribution in [1.29, 1.82) is 0 Å². The van der Waals surface area contributed by atoms with Crippen molar-refractivity contribution < 1.29 is 15.3 Å². The number of aliphatic hydroxyl groups excluding tert-OH is 3. The van der Waals surface area contributed by atoms with Crippen LogP contribution in [0.3, 0.4) is 0 Å². The Bertz CT molecular complexity index is 680. The quantitative estimate of drug-likeness (QED) is 0.450. The Morgan fingerprint density at radius 1 is 1.11 bits per heavy atom. The third-order valence-corrected chi connectivity index (χ3v) is 5.34. The highest BCUT2D eigenvalue weighted by molar-refractivity contribution is 5.40. The molecule has 0 bridgehead atoms. The highest BCUT2D eigenvalue weighted by Gasteiger charge is 2.32. The van der Waals surface area contributed by atoms with Gasteiger partial charge in [0.1, 0.15) is 5.82 Å². The Labute approximate surface area is 165 Å². The number of pyridine rings is 1. The fraction of sp³-hybridized carbons (Fsp3) is 0.600. The van der Waals surface area contributed by atoms with Crippen molar-refractivity contribution >= 4 is 5.82 Å². The molecule has 0 saturated carbocycles. The topological polar surface area (TPSA) is 107 Å². The molecule has 0 spiro atoms. The number of aliphatic hydroxyl groups is 3. The van der Waals surface area contributed by atoms with Crippen LogP contribution in [0.2, 0.25) is 0 Å². The van der Waals surface area contributed by atoms with Gasteiger partial charge >= 0.3 is 0 Å². The number of anilines is 1. The smallest absolute Gasteiger partial charge is 0.126 e. The molecule has 2 aromatic heterocycles. The van der Waals surface area contributed by atoms with Crippen LogP contribution in [0.15, 0.2) is 37.1 Å². The number of nitrogens with zero attached hydrogens (tertiary/aromatic N) is 4. The van der Waals surface area contributed by atoms with Crippen molar-refractivity contribution in [2.45, 2.75) is 50.4 Å². The molecule has 1 fully saturated rings. The lowest BCUT2D eigenvalue weighted by Crippen LogP contribution is -2.53. The van der Waals surface area contributed by atoms with Gasteiger partial charge in [-0.05, 0) is 37.9 Å². The normalized spacial score (nSPS) is 23.0. The van der Waals surface area contributed by atoms with E-state index in [0.29, 0.717) is 13.0 Å². The minimum atomic E-state index is -0.720. The SMILES string of the molecule is OCC1C[C@H](O)[C@@H](O)CN1CCCCCCNc1ccc(-n2ccnc2)cn1. The van der Waals surface area contributed by atoms with Crippen molar-refractivity contribution in [2.75, 3.05) is 31.6 Å². The van der Waals surface area contributed by atoms with Gasteiger partial charge in [-0.3, -0.25) is 4.90 Å². The molecule has 0 radical (unpaired) electrons. The van der Waals surface area contributed by atoms with Gasteiger partial charge in [0.15, 0.2) is 0 Å². The van der Waals surface area contributed by atoms with E-state index in [9.17, 15) is 15.3 Å². The van der Waals surface area contributed by atoms with E-state index in [1.54, 1.807) is 12.5 Å². The van der Waals surface area contributed by atoms with Crippen LogP contribution in [-0.2, 0) is 0 Å². The van der Waals surface area contributed by atoms with E-state index in [2.05, 4.69) is 20.2 Å². The first-order valence-electron chi connectivity index (χ1n) is 10.1. The maximum atomic E-state index is 9.82. The van der Waals surface area contributed by atoms with Crippen LogP contribution in [0.4, 0.5) is 5.82 Å². The summed E-state index contributed by atoms with van der Waals surface area (Å²) < 4.78 is 1.92. The van der Waals surface area contributed by atoms with Crippen LogP contribution in [-0.4, -0.2) is 79.2 Å². The number of hydrogen-bond donors (Lipinski definition) is 4. The van der Waals surface area contributed by atoms with Crippen LogP contribution in [0.25, 0.3) is 5.69 Å². The largest absolute Gasteiger partial charge is 0.395 e. The maximum Gasteiger partial charge on any atom is 0.126 e. The van der Waals surface area contributed by atoms with E-state index >= 15 is 0 Å². The summed E-state index contributed by atoms with van der Waals surface area (Å²) in [5.74, 6) is 0.871. The molecule has 0 aliphatic carbocycles. The Morgan fingerprint density at radius 3 is 2.68 bits per heavy atom. The van der Waals surface area contributed by atoms with E-state index < -0.39 is 12.2 Å². The standard InChI is InChI=1S/C20H31N5O3/c26-14-17-11-18(27)19(28)13-24(17)9-4-2-1-3-7-22-20-6-5-16(12-23-20)25-10-8-21-15-25/h5-6,8,10,12,15,17-19,26-28H,1-4,7,9,11,13-14H2,(H,22,23)/t17?,18-,19-/m0/s1. The second-order valence-corrected chi connectivity index (χ2v) is 7.41. The number of β-amino-alcohol motifs (C(OH)–C–C–N with tert-alkyl or cyclic N) is 1. The number of unbranched alkanes of at least 4 members (excludes halogenated alkanes) is 3. The van der Waals surface area contributed by atoms with Crippen molar-refractivity contribution in [3.63, 3.8) is 0 Å². The molecule has 0 amide bonds. The van der Waals surface area contributed by atoms with Gasteiger partial charge in [-0.2, -0.15) is 0 Å². The third kappa shape index (κ3) is 5.75. The summed E-state index contributed by atoms with van der Waals surface area (Å²) in [5.41, 5.74) is 0.986. The molecule has 4 N–H and O–H groups in total. The van der Waals surface area contributed by atoms with E-state index in [1.807, 2.05) is 29.1 Å². The lowest BCUT2D eigenvalue weighted by atomic mass is 9.97. The molecule has 1 unspecified atom stereocenters. The number of aromatic nitrogens is 3. The van der Waals surface area contributed by atoms with Gasteiger partial charge in [-0.15, -0.1) is 0 Å². The summed E-state index contributed by atoms with van der Waals surface area (Å²) in [6.45, 7) is 2.19. The van der Waals surface area contributed by atoms with Gasteiger partial charge in [0, 0.05) is 31.5 Å². The van der Waals surface area contributed by atoms with E-state index in [4.69, 9.17) is 0 Å². The monoisotopic (exact) mass is 389 g/mol. The third-order valence-electron chi connectivity index (χ3n) is 5.34. The number of piperidine rings is 1. The molecule has 3 rings (SSSR count). The van der Waals surface area contributed by atoms with E-state index in [-0.39, 0.29) is 12.6 Å². The summed E-state index contributed by atoms with van der Waals surface area (Å²) in [6, 6.07) is 3.94. The van der Waals surface area contributed by atoms with Crippen molar-refractivity contribution in [3.8, 4) is 5.69 Å². The molecule has 1 aliphatic rings. The van der Waals surface area contributed by atoms with Crippen molar-refractivity contribution in [1.82, 2.24) is 19.4 Å². The summed E-state index contributed by atoms with van der Waals surface area (Å²) in [5, 5.41) is 32.3. The molecular weight excluding hydrogens is 358 g/mol. The molecule has 3 heterocycles. The zero-order valence-corrected chi connectivity index (χ0v) is 16.2. The molecule has 154 valence electrons. The van der Waals surface area contributed by atoms with Gasteiger partial charge in [-0.25, -0.2) is 9.97 Å². The van der Waals surface area contributed by atoms with Gasteiger partial charge in [0.25, 0.3) is 0 Å². The Morgan fingerprint density at radius 2 is 1.96 bits per heavy atom. The lowest BCUT2D eigenvalue weighted by molar-refractivity contribution is -0.0710. The van der Waals surface area contributed by atoms with Crippen LogP contribution in [0, 0.1) is 0 Å². The molecule has 1 aliphatic heterocycles. The van der Waals surface area contributed by atoms with Crippen LogP contribution in [0.1, 0.15) is 32.1 Å². The van der Waals surface area contributed by atoms with Crippen LogP contribution < -0.4 is 5.32 Å². The molecule has 1 saturated heterocycles. The maximum absolute atomic E-state index is 9.82. The average molecular weight is 390 g/mol. The Balaban J connectivity index is 1.28. The summed E-state index contributed by atoms with van der Waals surface area (Å²) in [7, 11) is 0. The fourth-order valence-corrected chi connectivity index (χ4v) is 3.62. The molecule has 0 aromatic carbocycles. The number of likely N-dealkylation sites (tertiary alicyclic amines) is 1. The Kier molecular flexibility index (Phi) is 7.79. The number of imidazole rings is 1. The van der Waals surface area contributed by atoms with Gasteiger partial charge < -0.3 is 25.2 Å². The average Bonchev–Trinajstić information content (AvgIpc) is 3.25. The number of rotatable bonds is 10. The first kappa shape index (κ1) is 20.7. The minimum Gasteiger partial charge on any atom is -0.395 e. The predicted molar refractivity (Wildman–Crippen MR) is 107 cm³/mol. The van der Waals surface area contributed by atoms with Crippen molar-refractivity contribution in [3.05, 3.63) is 37.1 Å². The zero-order valence-electron chi connectivity index (χ0n) is 16.2. The van der Waals surface area contributed by atoms with Crippen LogP contribution >= 0.6 is 0 Å². The highest BCUT2D eigenvalue weighted by atomic mass is 16.3. The van der Waals surface area contributed by atoms with Crippen LogP contribution in [0.5, 0.6) is 0 Å². The number of nitrogens with one attached hydrogen (secondary N) is 1. The minimum absolute atomic E-state index is 0.0281. The van der Waals surface area contributed by atoms with E-state index in [1.165, 1.54) is 0 Å². The first-order valence-corrected chi connectivity index (χ1v) is 10.1. The zero-order chi connectivity index (χ0) is 19.8. The lowest BCUT2D eigenvalue weighted by Gasteiger charge is -2.39. The van der Waals surface area contributed by atoms with Gasteiger partial charge in [0.05, 0.1) is 37.0 Å². The second-order valence-electron chi connectivity index (χ2n) is 7.41. The van der Waals surface area contributed by atoms with Gasteiger partial charge in [0.2, 0.25) is 0 Å². The highest BCUT2D eigenvalue weighted by Crippen LogP contribution is 2.19. The first-order chi connectivity index (χ1) is 13.7. The summed E-state index contributed by atoms with van der Waals surface area (Å²) in [4.78, 5) is 10.6. The summed E-state index contributed by atoms with van der Waals surface area (Å²) in [6.07, 6.45) is 10.5. The molecule has 2 aromatic rings. The molecule has 8 heteroatoms. The summed E-state index contributed by atoms with van der Waals surface area (Å²) >= 11 is 0. The molecule has 3 atom stereocenters. The molecule has 8 nitrogen and oxygen atoms in total. The second kappa shape index (κ2) is 10.5. The predicted octanol–water partition coefficient (Wildman–Crippen LogP) is 1.03. The Hall–Kier alpha value is -2.00. The number of hydrogen-bond acceptors (Lipinski definition) is 7. The molecular formula is C20H31N5O3.